The third-order valence-corrected chi connectivity index (χ3v) is 8.52. The molecule has 7 nitrogen and oxygen atoms in total. The smallest absolute Gasteiger partial charge is 0.336 e. The maximum absolute atomic E-state index is 13.1. The number of nitrogens with zero attached hydrogens (tertiary/aromatic N) is 1. The zero-order valence-corrected chi connectivity index (χ0v) is 20.7. The largest absolute Gasteiger partial charge is 0.426 e. The molecule has 0 atom stereocenters. The molecule has 0 aliphatic carbocycles. The van der Waals surface area contributed by atoms with Crippen LogP contribution < -0.4 is 10.4 Å². The lowest BCUT2D eigenvalue weighted by Crippen LogP contribution is -2.41. The van der Waals surface area contributed by atoms with Crippen LogP contribution in [0.15, 0.2) is 50.5 Å². The molecule has 1 aliphatic rings. The van der Waals surface area contributed by atoms with Crippen LogP contribution in [0.25, 0.3) is 11.0 Å². The van der Waals surface area contributed by atoms with Gasteiger partial charge >= 0.3 is 11.6 Å². The molecule has 0 radical (unpaired) electrons. The van der Waals surface area contributed by atoms with Crippen molar-refractivity contribution in [2.45, 2.75) is 51.9 Å². The van der Waals surface area contributed by atoms with Crippen molar-refractivity contribution < 1.29 is 22.4 Å². The number of carbonyl (C=O) groups excluding carboxylic acids is 1. The second-order valence-electron chi connectivity index (χ2n) is 8.90. The average molecular weight is 484 g/mol. The molecular weight excluding hydrogens is 454 g/mol. The molecule has 0 unspecified atom stereocenters. The molecule has 2 heterocycles. The van der Waals surface area contributed by atoms with E-state index in [1.54, 1.807) is 18.2 Å². The lowest BCUT2D eigenvalue weighted by molar-refractivity contribution is -0.140. The van der Waals surface area contributed by atoms with Gasteiger partial charge in [0.2, 0.25) is 10.0 Å². The van der Waals surface area contributed by atoms with Gasteiger partial charge in [-0.2, -0.15) is 4.31 Å². The Bertz CT molecular complexity index is 1420. The third kappa shape index (κ3) is 4.65. The number of sulfonamides is 1. The molecule has 1 fully saturated rings. The van der Waals surface area contributed by atoms with Crippen molar-refractivity contribution in [1.82, 2.24) is 4.31 Å². The molecule has 180 valence electrons. The van der Waals surface area contributed by atoms with Crippen molar-refractivity contribution >= 4 is 27.0 Å². The Labute approximate surface area is 199 Å². The number of esters is 1. The van der Waals surface area contributed by atoms with Crippen molar-refractivity contribution in [3.05, 3.63) is 69.1 Å². The number of carbonyl (C=O) groups is 1. The minimum atomic E-state index is -3.61. The van der Waals surface area contributed by atoms with Gasteiger partial charge in [-0.25, -0.2) is 13.2 Å². The maximum Gasteiger partial charge on any atom is 0.336 e. The van der Waals surface area contributed by atoms with Gasteiger partial charge in [-0.05, 0) is 80.5 Å². The van der Waals surface area contributed by atoms with Gasteiger partial charge in [-0.1, -0.05) is 13.0 Å². The van der Waals surface area contributed by atoms with E-state index in [2.05, 4.69) is 0 Å². The summed E-state index contributed by atoms with van der Waals surface area (Å²) in [5.74, 6) is -0.428. The van der Waals surface area contributed by atoms with Crippen molar-refractivity contribution in [1.29, 1.82) is 0 Å². The Morgan fingerprint density at radius 2 is 1.74 bits per heavy atom. The monoisotopic (exact) mass is 483 g/mol. The van der Waals surface area contributed by atoms with Gasteiger partial charge in [0.05, 0.1) is 10.8 Å². The molecule has 34 heavy (non-hydrogen) atoms. The Morgan fingerprint density at radius 3 is 2.38 bits per heavy atom. The molecule has 0 spiro atoms. The lowest BCUT2D eigenvalue weighted by Gasteiger charge is -2.30. The number of ether oxygens (including phenoxy) is 1. The molecule has 1 aromatic heterocycles. The van der Waals surface area contributed by atoms with E-state index in [0.717, 1.165) is 27.6 Å². The zero-order valence-electron chi connectivity index (χ0n) is 19.9. The minimum absolute atomic E-state index is 0.251. The third-order valence-electron chi connectivity index (χ3n) is 6.63. The van der Waals surface area contributed by atoms with Crippen LogP contribution in [0, 0.1) is 26.7 Å². The number of rotatable bonds is 5. The summed E-state index contributed by atoms with van der Waals surface area (Å²) >= 11 is 0. The number of benzene rings is 2. The van der Waals surface area contributed by atoms with Crippen molar-refractivity contribution in [2.24, 2.45) is 5.92 Å². The van der Waals surface area contributed by atoms with Gasteiger partial charge in [-0.3, -0.25) is 4.79 Å². The Morgan fingerprint density at radius 1 is 1.03 bits per heavy atom. The first-order valence-corrected chi connectivity index (χ1v) is 12.9. The molecule has 0 amide bonds. The molecule has 4 rings (SSSR count). The van der Waals surface area contributed by atoms with E-state index in [1.165, 1.54) is 10.4 Å². The fraction of sp³-hybridized carbons (Fsp3) is 0.385. The van der Waals surface area contributed by atoms with Gasteiger partial charge < -0.3 is 9.15 Å². The van der Waals surface area contributed by atoms with Crippen LogP contribution in [-0.4, -0.2) is 31.8 Å². The number of hydrogen-bond acceptors (Lipinski definition) is 6. The molecule has 0 N–H and O–H groups in total. The van der Waals surface area contributed by atoms with Gasteiger partial charge in [0.15, 0.2) is 0 Å². The summed E-state index contributed by atoms with van der Waals surface area (Å²) in [7, 11) is -3.61. The predicted molar refractivity (Wildman–Crippen MR) is 130 cm³/mol. The highest BCUT2D eigenvalue weighted by Gasteiger charge is 2.33. The molecular formula is C26H29NO6S. The van der Waals surface area contributed by atoms with Crippen LogP contribution in [0.2, 0.25) is 0 Å². The van der Waals surface area contributed by atoms with Gasteiger partial charge in [-0.15, -0.1) is 0 Å². The second-order valence-corrected chi connectivity index (χ2v) is 10.8. The summed E-state index contributed by atoms with van der Waals surface area (Å²) in [6, 6.07) is 10.0. The van der Waals surface area contributed by atoms with Crippen molar-refractivity contribution in [2.75, 3.05) is 13.1 Å². The Hall–Kier alpha value is -2.97. The predicted octanol–water partition coefficient (Wildman–Crippen LogP) is 4.29. The van der Waals surface area contributed by atoms with Crippen LogP contribution >= 0.6 is 0 Å². The first kappa shape index (κ1) is 24.2. The van der Waals surface area contributed by atoms with Crippen LogP contribution in [-0.2, 0) is 21.2 Å². The van der Waals surface area contributed by atoms with Gasteiger partial charge in [0.25, 0.3) is 0 Å². The summed E-state index contributed by atoms with van der Waals surface area (Å²) in [6.45, 7) is 8.13. The number of piperidine rings is 1. The topological polar surface area (TPSA) is 93.9 Å². The van der Waals surface area contributed by atoms with E-state index in [1.807, 2.05) is 39.8 Å². The van der Waals surface area contributed by atoms with Crippen molar-refractivity contribution in [3.63, 3.8) is 0 Å². The Kier molecular flexibility index (Phi) is 6.64. The highest BCUT2D eigenvalue weighted by Crippen LogP contribution is 2.30. The maximum atomic E-state index is 13.1. The highest BCUT2D eigenvalue weighted by atomic mass is 32.2. The summed E-state index contributed by atoms with van der Waals surface area (Å²) in [5.41, 5.74) is 3.52. The quantitative estimate of drug-likeness (QED) is 0.305. The number of hydrogen-bond donors (Lipinski definition) is 0. The Balaban J connectivity index is 1.48. The second kappa shape index (κ2) is 9.35. The molecule has 1 aliphatic heterocycles. The molecule has 0 bridgehead atoms. The number of aryl methyl sites for hydroxylation is 4. The SMILES string of the molecule is CCc1cc2c(C)cc(=O)oc2cc1OC(=O)C1CCN(S(=O)(=O)c2ccc(C)c(C)c2)CC1. The average Bonchev–Trinajstić information content (AvgIpc) is 2.80. The fourth-order valence-electron chi connectivity index (χ4n) is 4.31. The van der Waals surface area contributed by atoms with Gasteiger partial charge in [0, 0.05) is 30.6 Å². The molecule has 8 heteroatoms. The first-order chi connectivity index (χ1) is 16.1. The van der Waals surface area contributed by atoms with E-state index < -0.39 is 27.5 Å². The molecule has 1 saturated heterocycles. The normalized spacial score (nSPS) is 15.5. The van der Waals surface area contributed by atoms with Crippen LogP contribution in [0.1, 0.15) is 42.0 Å². The summed E-state index contributed by atoms with van der Waals surface area (Å²) in [5, 5.41) is 0.807. The summed E-state index contributed by atoms with van der Waals surface area (Å²) in [4.78, 5) is 25.0. The molecule has 2 aromatic carbocycles. The zero-order chi connectivity index (χ0) is 24.6. The van der Waals surface area contributed by atoms with Gasteiger partial charge in [0.1, 0.15) is 11.3 Å². The highest BCUT2D eigenvalue weighted by molar-refractivity contribution is 7.89. The first-order valence-electron chi connectivity index (χ1n) is 11.5. The lowest BCUT2D eigenvalue weighted by atomic mass is 9.98. The standard InChI is InChI=1S/C26H29NO6S/c1-5-19-14-22-18(4)13-25(28)32-24(22)15-23(19)33-26(29)20-8-10-27(11-9-20)34(30,31)21-7-6-16(2)17(3)12-21/h6-7,12-15,20H,5,8-11H2,1-4H3. The number of fused-ring (bicyclic) bond motifs is 1. The molecule has 0 saturated carbocycles. The summed E-state index contributed by atoms with van der Waals surface area (Å²) < 4.78 is 38.6. The van der Waals surface area contributed by atoms with Crippen LogP contribution in [0.5, 0.6) is 5.75 Å². The van der Waals surface area contributed by atoms with E-state index in [4.69, 9.17) is 9.15 Å². The van der Waals surface area contributed by atoms with Crippen LogP contribution in [0.3, 0.4) is 0 Å². The van der Waals surface area contributed by atoms with Crippen molar-refractivity contribution in [3.8, 4) is 5.75 Å². The van der Waals surface area contributed by atoms with E-state index >= 15 is 0 Å². The fourth-order valence-corrected chi connectivity index (χ4v) is 5.86. The van der Waals surface area contributed by atoms with Crippen LogP contribution in [0.4, 0.5) is 0 Å². The van der Waals surface area contributed by atoms with E-state index in [-0.39, 0.29) is 18.0 Å². The summed E-state index contributed by atoms with van der Waals surface area (Å²) in [6.07, 6.45) is 1.40. The van der Waals surface area contributed by atoms with E-state index in [9.17, 15) is 18.0 Å². The minimum Gasteiger partial charge on any atom is -0.426 e. The molecule has 3 aromatic rings. The van der Waals surface area contributed by atoms with E-state index in [0.29, 0.717) is 30.6 Å².